The Morgan fingerprint density at radius 3 is 1.08 bits per heavy atom. The van der Waals surface area contributed by atoms with Gasteiger partial charge in [0.25, 0.3) is 0 Å². The first-order chi connectivity index (χ1) is 12.6. The van der Waals surface area contributed by atoms with E-state index in [2.05, 4.69) is 38.1 Å². The van der Waals surface area contributed by atoms with E-state index in [0.717, 1.165) is 36.8 Å². The van der Waals surface area contributed by atoms with Crippen molar-refractivity contribution in [2.24, 2.45) is 0 Å². The van der Waals surface area contributed by atoms with Crippen molar-refractivity contribution < 1.29 is 8.78 Å². The van der Waals surface area contributed by atoms with Crippen LogP contribution >= 0.6 is 0 Å². The van der Waals surface area contributed by atoms with Crippen molar-refractivity contribution >= 4 is 0 Å². The van der Waals surface area contributed by atoms with Gasteiger partial charge in [0, 0.05) is 12.8 Å². The molecule has 0 unspecified atom stereocenters. The van der Waals surface area contributed by atoms with Crippen LogP contribution in [0.4, 0.5) is 8.78 Å². The molecule has 0 saturated heterocycles. The molecule has 0 aliphatic rings. The van der Waals surface area contributed by atoms with Crippen LogP contribution in [0.3, 0.4) is 0 Å². The smallest absolute Gasteiger partial charge is 0.132 e. The summed E-state index contributed by atoms with van der Waals surface area (Å²) in [5.41, 5.74) is 4.70. The maximum absolute atomic E-state index is 14.1. The second-order valence-corrected chi connectivity index (χ2v) is 6.94. The van der Waals surface area contributed by atoms with Crippen LogP contribution in [0.15, 0.2) is 60.2 Å². The molecule has 0 fully saturated rings. The molecular formula is C24H30F2. The van der Waals surface area contributed by atoms with Crippen LogP contribution in [0.2, 0.25) is 0 Å². The minimum Gasteiger partial charge on any atom is -0.209 e. The van der Waals surface area contributed by atoms with E-state index in [4.69, 9.17) is 0 Å². The summed E-state index contributed by atoms with van der Waals surface area (Å²) in [7, 11) is 0. The van der Waals surface area contributed by atoms with Gasteiger partial charge < -0.3 is 0 Å². The second kappa shape index (κ2) is 10.9. The summed E-state index contributed by atoms with van der Waals surface area (Å²) in [6, 6.07) is 16.4. The molecule has 2 rings (SSSR count). The third-order valence-electron chi connectivity index (χ3n) is 4.68. The van der Waals surface area contributed by atoms with E-state index < -0.39 is 11.7 Å². The van der Waals surface area contributed by atoms with Crippen LogP contribution in [-0.4, -0.2) is 0 Å². The minimum atomic E-state index is -0.606. The zero-order valence-electron chi connectivity index (χ0n) is 16.0. The van der Waals surface area contributed by atoms with Gasteiger partial charge >= 0.3 is 0 Å². The van der Waals surface area contributed by atoms with Gasteiger partial charge in [-0.2, -0.15) is 0 Å². The maximum atomic E-state index is 14.1. The number of hydrogen-bond acceptors (Lipinski definition) is 0. The van der Waals surface area contributed by atoms with Gasteiger partial charge in [0.2, 0.25) is 0 Å². The van der Waals surface area contributed by atoms with Crippen molar-refractivity contribution in [2.45, 2.75) is 65.2 Å². The highest BCUT2D eigenvalue weighted by Gasteiger charge is 2.07. The number of rotatable bonds is 10. The Hall–Kier alpha value is -1.96. The Balaban J connectivity index is 1.82. The monoisotopic (exact) mass is 356 g/mol. The van der Waals surface area contributed by atoms with E-state index in [0.29, 0.717) is 12.8 Å². The van der Waals surface area contributed by atoms with Gasteiger partial charge in [-0.05, 0) is 47.9 Å². The number of allylic oxidation sites excluding steroid dienone is 2. The van der Waals surface area contributed by atoms with E-state index in [9.17, 15) is 8.78 Å². The predicted octanol–water partition coefficient (Wildman–Crippen LogP) is 7.31. The molecule has 2 heteroatoms. The van der Waals surface area contributed by atoms with Crippen molar-refractivity contribution in [3.8, 4) is 0 Å². The van der Waals surface area contributed by atoms with Crippen molar-refractivity contribution in [3.05, 3.63) is 82.4 Å². The molecule has 0 saturated carbocycles. The summed E-state index contributed by atoms with van der Waals surface area (Å²) in [6.07, 6.45) is 5.69. The molecule has 0 nitrogen and oxygen atoms in total. The minimum absolute atomic E-state index is 0.133. The summed E-state index contributed by atoms with van der Waals surface area (Å²) in [6.45, 7) is 4.30. The highest BCUT2D eigenvalue weighted by Crippen LogP contribution is 2.21. The third kappa shape index (κ3) is 6.74. The fourth-order valence-corrected chi connectivity index (χ4v) is 3.10. The number of benzene rings is 2. The number of aryl methyl sites for hydroxylation is 4. The van der Waals surface area contributed by atoms with Crippen LogP contribution < -0.4 is 0 Å². The van der Waals surface area contributed by atoms with E-state index >= 15 is 0 Å². The zero-order valence-corrected chi connectivity index (χ0v) is 16.0. The highest BCUT2D eigenvalue weighted by atomic mass is 19.2. The second-order valence-electron chi connectivity index (χ2n) is 6.94. The molecule has 0 aliphatic carbocycles. The molecule has 140 valence electrons. The van der Waals surface area contributed by atoms with E-state index in [1.54, 1.807) is 0 Å². The Morgan fingerprint density at radius 1 is 0.538 bits per heavy atom. The van der Waals surface area contributed by atoms with Crippen LogP contribution in [0.5, 0.6) is 0 Å². The summed E-state index contributed by atoms with van der Waals surface area (Å²) in [4.78, 5) is 0. The standard InChI is InChI=1S/C24H30F2/c1-3-5-19-7-11-21(12-8-19)15-17-23(25)24(26)18-16-22-13-9-20(6-4-2)10-14-22/h7-14H,3-6,15-18H2,1-2H3. The fourth-order valence-electron chi connectivity index (χ4n) is 3.10. The highest BCUT2D eigenvalue weighted by molar-refractivity contribution is 5.24. The van der Waals surface area contributed by atoms with E-state index in [-0.39, 0.29) is 12.8 Å². The molecule has 0 N–H and O–H groups in total. The van der Waals surface area contributed by atoms with Crippen LogP contribution in [0, 0.1) is 0 Å². The Kier molecular flexibility index (Phi) is 8.53. The van der Waals surface area contributed by atoms with Gasteiger partial charge in [0.1, 0.15) is 11.7 Å². The molecule has 0 bridgehead atoms. The largest absolute Gasteiger partial charge is 0.209 e. The Labute approximate surface area is 157 Å². The van der Waals surface area contributed by atoms with Gasteiger partial charge in [0.15, 0.2) is 0 Å². The topological polar surface area (TPSA) is 0 Å². The molecule has 0 radical (unpaired) electrons. The summed E-state index contributed by atoms with van der Waals surface area (Å²) in [5, 5.41) is 0. The van der Waals surface area contributed by atoms with Gasteiger partial charge in [-0.3, -0.25) is 0 Å². The summed E-state index contributed by atoms with van der Waals surface area (Å²) < 4.78 is 28.1. The van der Waals surface area contributed by atoms with Gasteiger partial charge in [-0.1, -0.05) is 75.2 Å². The van der Waals surface area contributed by atoms with Gasteiger partial charge in [-0.25, -0.2) is 8.78 Å². The maximum Gasteiger partial charge on any atom is 0.132 e. The molecule has 0 amide bonds. The van der Waals surface area contributed by atoms with Crippen LogP contribution in [0.1, 0.15) is 61.8 Å². The lowest BCUT2D eigenvalue weighted by Crippen LogP contribution is -1.92. The molecule has 0 spiro atoms. The van der Waals surface area contributed by atoms with Gasteiger partial charge in [0.05, 0.1) is 0 Å². The molecule has 0 atom stereocenters. The lowest BCUT2D eigenvalue weighted by Gasteiger charge is -2.05. The van der Waals surface area contributed by atoms with Crippen molar-refractivity contribution in [1.82, 2.24) is 0 Å². The fraction of sp³-hybridized carbons (Fsp3) is 0.417. The van der Waals surface area contributed by atoms with Crippen LogP contribution in [-0.2, 0) is 25.7 Å². The van der Waals surface area contributed by atoms with Crippen molar-refractivity contribution in [1.29, 1.82) is 0 Å². The Morgan fingerprint density at radius 2 is 0.808 bits per heavy atom. The quantitative estimate of drug-likeness (QED) is 0.419. The van der Waals surface area contributed by atoms with E-state index in [1.165, 1.54) is 11.1 Å². The third-order valence-corrected chi connectivity index (χ3v) is 4.68. The average Bonchev–Trinajstić information content (AvgIpc) is 2.67. The van der Waals surface area contributed by atoms with E-state index in [1.807, 2.05) is 24.3 Å². The predicted molar refractivity (Wildman–Crippen MR) is 107 cm³/mol. The lowest BCUT2D eigenvalue weighted by atomic mass is 10.0. The summed E-state index contributed by atoms with van der Waals surface area (Å²) >= 11 is 0. The zero-order chi connectivity index (χ0) is 18.8. The molecule has 26 heavy (non-hydrogen) atoms. The average molecular weight is 357 g/mol. The van der Waals surface area contributed by atoms with Gasteiger partial charge in [-0.15, -0.1) is 0 Å². The Bertz CT molecular complexity index is 620. The molecule has 2 aromatic rings. The first kappa shape index (κ1) is 20.4. The SMILES string of the molecule is CCCc1ccc(CCC(F)=C(F)CCc2ccc(CCC)cc2)cc1. The molecule has 0 heterocycles. The van der Waals surface area contributed by atoms with Crippen molar-refractivity contribution in [2.75, 3.05) is 0 Å². The first-order valence-corrected chi connectivity index (χ1v) is 9.81. The molecule has 0 aliphatic heterocycles. The summed E-state index contributed by atoms with van der Waals surface area (Å²) in [5.74, 6) is -1.21. The molecule has 2 aromatic carbocycles. The number of halogens is 2. The molecule has 0 aromatic heterocycles. The van der Waals surface area contributed by atoms with Crippen molar-refractivity contribution in [3.63, 3.8) is 0 Å². The lowest BCUT2D eigenvalue weighted by molar-refractivity contribution is 0.485. The van der Waals surface area contributed by atoms with Crippen LogP contribution in [0.25, 0.3) is 0 Å². The molecular weight excluding hydrogens is 326 g/mol. The number of hydrogen-bond donors (Lipinski definition) is 0. The first-order valence-electron chi connectivity index (χ1n) is 9.81. The normalized spacial score (nSPS) is 12.2.